The van der Waals surface area contributed by atoms with E-state index in [2.05, 4.69) is 15.5 Å². The standard InChI is InChI=1S/C28H18F6N4O2.CH3.Rb/c1-16-22(23(36-40-16)18-8-4-2-5-9-18)26(39)24-25(19-10-6-3-7-11-19)38(37-35-24)15-17-12-20(27(29,30)31)14-21(13-17)28(32,33)34;;/h2-14H,15H2,1H3;1H3;/q;-1;+1. The van der Waals surface area contributed by atoms with Crippen LogP contribution in [0.15, 0.2) is 83.4 Å². The number of carbonyl (C=O) groups excluding carboxylic acids is 1. The van der Waals surface area contributed by atoms with Gasteiger partial charge in [-0.1, -0.05) is 71.0 Å². The molecule has 212 valence electrons. The SMILES string of the molecule is Cc1onc(-c2ccccc2)c1C(=O)c1nnn(Cc2cc(C(F)(F)F)cc(C(F)(F)F)c2)c1-c1ccccc1.[CH3-].[Rb+]. The van der Waals surface area contributed by atoms with Crippen molar-refractivity contribution in [2.24, 2.45) is 0 Å². The van der Waals surface area contributed by atoms with E-state index in [0.717, 1.165) is 4.68 Å². The summed E-state index contributed by atoms with van der Waals surface area (Å²) < 4.78 is 87.0. The molecular weight excluding hydrogens is 636 g/mol. The van der Waals surface area contributed by atoms with Gasteiger partial charge in [-0.15, -0.1) is 5.10 Å². The summed E-state index contributed by atoms with van der Waals surface area (Å²) in [4.78, 5) is 13.8. The molecule has 0 amide bonds. The predicted molar refractivity (Wildman–Crippen MR) is 138 cm³/mol. The summed E-state index contributed by atoms with van der Waals surface area (Å²) in [5.41, 5.74) is -1.92. The van der Waals surface area contributed by atoms with Crippen LogP contribution in [0.3, 0.4) is 0 Å². The Bertz CT molecular complexity index is 1650. The summed E-state index contributed by atoms with van der Waals surface area (Å²) in [6, 6.07) is 18.3. The van der Waals surface area contributed by atoms with Crippen molar-refractivity contribution < 1.29 is 93.8 Å². The van der Waals surface area contributed by atoms with Crippen molar-refractivity contribution in [1.29, 1.82) is 0 Å². The second-order valence-electron chi connectivity index (χ2n) is 8.88. The Hall–Kier alpha value is -2.93. The molecule has 0 radical (unpaired) electrons. The van der Waals surface area contributed by atoms with Crippen molar-refractivity contribution in [3.8, 4) is 22.5 Å². The van der Waals surface area contributed by atoms with Gasteiger partial charge in [-0.2, -0.15) is 26.3 Å². The Labute approximate surface area is 285 Å². The number of rotatable bonds is 6. The first kappa shape index (κ1) is 33.6. The smallest absolute Gasteiger partial charge is 0.360 e. The molecule has 0 aliphatic rings. The number of alkyl halides is 6. The molecule has 2 heterocycles. The zero-order valence-electron chi connectivity index (χ0n) is 22.6. The first-order valence-corrected chi connectivity index (χ1v) is 11.8. The minimum atomic E-state index is -5.01. The van der Waals surface area contributed by atoms with E-state index in [1.807, 2.05) is 0 Å². The summed E-state index contributed by atoms with van der Waals surface area (Å²) >= 11 is 0. The van der Waals surface area contributed by atoms with Gasteiger partial charge in [-0.3, -0.25) is 4.79 Å². The molecule has 0 unspecified atom stereocenters. The summed E-state index contributed by atoms with van der Waals surface area (Å²) in [5, 5.41) is 12.0. The summed E-state index contributed by atoms with van der Waals surface area (Å²) in [6.45, 7) is 1.02. The van der Waals surface area contributed by atoms with Crippen molar-refractivity contribution in [2.45, 2.75) is 25.8 Å². The molecule has 3 aromatic carbocycles. The fraction of sp³-hybridized carbons (Fsp3) is 0.138. The minimum absolute atomic E-state index is 0. The van der Waals surface area contributed by atoms with Crippen LogP contribution in [0.2, 0.25) is 0 Å². The van der Waals surface area contributed by atoms with E-state index < -0.39 is 35.8 Å². The summed E-state index contributed by atoms with van der Waals surface area (Å²) in [5.74, 6) is -0.423. The van der Waals surface area contributed by atoms with E-state index in [1.165, 1.54) is 0 Å². The van der Waals surface area contributed by atoms with Gasteiger partial charge < -0.3 is 11.9 Å². The second kappa shape index (κ2) is 13.1. The predicted octanol–water partition coefficient (Wildman–Crippen LogP) is 4.68. The topological polar surface area (TPSA) is 73.8 Å². The van der Waals surface area contributed by atoms with E-state index in [0.29, 0.717) is 23.3 Å². The van der Waals surface area contributed by atoms with Crippen LogP contribution in [0.4, 0.5) is 26.3 Å². The molecule has 0 aliphatic heterocycles. The number of ketones is 1. The van der Waals surface area contributed by atoms with Crippen LogP contribution in [0, 0.1) is 14.4 Å². The Kier molecular flexibility index (Phi) is 10.5. The van der Waals surface area contributed by atoms with Crippen LogP contribution < -0.4 is 58.2 Å². The number of halogens is 6. The third-order valence-electron chi connectivity index (χ3n) is 6.11. The number of aryl methyl sites for hydroxylation is 1. The van der Waals surface area contributed by atoms with Crippen molar-refractivity contribution in [3.05, 3.63) is 120 Å². The Morgan fingerprint density at radius 3 is 1.88 bits per heavy atom. The Morgan fingerprint density at radius 2 is 1.36 bits per heavy atom. The van der Waals surface area contributed by atoms with Gasteiger partial charge in [0.25, 0.3) is 0 Å². The van der Waals surface area contributed by atoms with Gasteiger partial charge in [0, 0.05) is 11.1 Å². The van der Waals surface area contributed by atoms with Gasteiger partial charge in [0.15, 0.2) is 5.69 Å². The maximum absolute atomic E-state index is 13.8. The quantitative estimate of drug-likeness (QED) is 0.151. The number of nitrogens with zero attached hydrogens (tertiary/aromatic N) is 4. The molecule has 5 rings (SSSR count). The Morgan fingerprint density at radius 1 is 0.833 bits per heavy atom. The molecule has 5 aromatic rings. The van der Waals surface area contributed by atoms with E-state index >= 15 is 0 Å². The molecule has 6 nitrogen and oxygen atoms in total. The maximum Gasteiger partial charge on any atom is 1.00 e. The van der Waals surface area contributed by atoms with Crippen LogP contribution in [-0.4, -0.2) is 25.9 Å². The van der Waals surface area contributed by atoms with Gasteiger partial charge in [0.2, 0.25) is 5.78 Å². The number of aromatic nitrogens is 4. The monoisotopic (exact) mass is 656 g/mol. The zero-order valence-corrected chi connectivity index (χ0v) is 27.5. The fourth-order valence-corrected chi connectivity index (χ4v) is 4.29. The van der Waals surface area contributed by atoms with E-state index in [-0.39, 0.29) is 106 Å². The first-order valence-electron chi connectivity index (χ1n) is 11.8. The molecule has 0 saturated heterocycles. The van der Waals surface area contributed by atoms with Gasteiger partial charge in [-0.05, 0) is 30.7 Å². The maximum atomic E-state index is 13.8. The molecule has 0 spiro atoms. The van der Waals surface area contributed by atoms with Crippen LogP contribution in [0.5, 0.6) is 0 Å². The van der Waals surface area contributed by atoms with Crippen molar-refractivity contribution in [3.63, 3.8) is 0 Å². The van der Waals surface area contributed by atoms with Crippen LogP contribution in [0.1, 0.15) is 38.5 Å². The molecule has 0 bridgehead atoms. The third-order valence-corrected chi connectivity index (χ3v) is 6.11. The largest absolute Gasteiger partial charge is 1.00 e. The molecule has 42 heavy (non-hydrogen) atoms. The van der Waals surface area contributed by atoms with Crippen LogP contribution in [-0.2, 0) is 18.9 Å². The van der Waals surface area contributed by atoms with Crippen LogP contribution in [0.25, 0.3) is 22.5 Å². The number of hydrogen-bond donors (Lipinski definition) is 0. The second-order valence-corrected chi connectivity index (χ2v) is 8.88. The summed E-state index contributed by atoms with van der Waals surface area (Å²) in [6.07, 6.45) is -10.0. The van der Waals surface area contributed by atoms with Crippen molar-refractivity contribution in [1.82, 2.24) is 20.2 Å². The zero-order chi connectivity index (χ0) is 28.7. The third kappa shape index (κ3) is 6.99. The van der Waals surface area contributed by atoms with E-state index in [9.17, 15) is 31.1 Å². The normalized spacial score (nSPS) is 11.5. The van der Waals surface area contributed by atoms with Gasteiger partial charge in [-0.25, -0.2) is 4.68 Å². The van der Waals surface area contributed by atoms with Gasteiger partial charge >= 0.3 is 70.5 Å². The summed E-state index contributed by atoms with van der Waals surface area (Å²) in [7, 11) is 0. The Balaban J connectivity index is 0.00000242. The van der Waals surface area contributed by atoms with E-state index in [4.69, 9.17) is 4.52 Å². The average molecular weight is 657 g/mol. The average Bonchev–Trinajstić information content (AvgIpc) is 3.51. The minimum Gasteiger partial charge on any atom is -0.360 e. The molecule has 0 saturated carbocycles. The number of carbonyl (C=O) groups is 1. The number of hydrogen-bond acceptors (Lipinski definition) is 5. The van der Waals surface area contributed by atoms with Gasteiger partial charge in [0.1, 0.15) is 17.1 Å². The molecule has 0 atom stereocenters. The van der Waals surface area contributed by atoms with Crippen LogP contribution >= 0.6 is 0 Å². The molecule has 2 aromatic heterocycles. The molecule has 0 N–H and O–H groups in total. The van der Waals surface area contributed by atoms with E-state index in [1.54, 1.807) is 67.6 Å². The number of benzene rings is 3. The molecule has 0 fully saturated rings. The van der Waals surface area contributed by atoms with Gasteiger partial charge in [0.05, 0.1) is 23.2 Å². The molecule has 13 heteroatoms. The van der Waals surface area contributed by atoms with Crippen molar-refractivity contribution >= 4 is 5.78 Å². The molecule has 0 aliphatic carbocycles. The van der Waals surface area contributed by atoms with Crippen molar-refractivity contribution in [2.75, 3.05) is 0 Å². The fourth-order valence-electron chi connectivity index (χ4n) is 4.29. The molecular formula is C29H21F6N4O2Rb. The first-order chi connectivity index (χ1) is 18.9.